The standard InChI is InChI=1S/C14H24N2O/c17-14(10-6-4-2-1-3-5-7-10)16-13-11-8-15-9-12(11)13/h10-13,15H,1-9H2,(H,16,17). The van der Waals surface area contributed by atoms with Crippen LogP contribution in [0.5, 0.6) is 0 Å². The lowest BCUT2D eigenvalue weighted by atomic mass is 9.90. The summed E-state index contributed by atoms with van der Waals surface area (Å²) in [5.74, 6) is 2.15. The summed E-state index contributed by atoms with van der Waals surface area (Å²) in [5, 5.41) is 6.67. The fraction of sp³-hybridized carbons (Fsp3) is 0.929. The molecule has 1 aliphatic heterocycles. The number of hydrogen-bond donors (Lipinski definition) is 2. The van der Waals surface area contributed by atoms with Crippen LogP contribution in [0.3, 0.4) is 0 Å². The van der Waals surface area contributed by atoms with Crippen molar-refractivity contribution in [3.63, 3.8) is 0 Å². The lowest BCUT2D eigenvalue weighted by Crippen LogP contribution is -2.37. The van der Waals surface area contributed by atoms with E-state index < -0.39 is 0 Å². The molecule has 3 nitrogen and oxygen atoms in total. The Morgan fingerprint density at radius 3 is 2.18 bits per heavy atom. The van der Waals surface area contributed by atoms with Gasteiger partial charge in [0.25, 0.3) is 0 Å². The second kappa shape index (κ2) is 4.97. The molecule has 0 bridgehead atoms. The second-order valence-corrected chi connectivity index (χ2v) is 6.06. The van der Waals surface area contributed by atoms with Crippen LogP contribution in [0.2, 0.25) is 0 Å². The fourth-order valence-corrected chi connectivity index (χ4v) is 3.63. The molecule has 0 aromatic rings. The number of rotatable bonds is 2. The van der Waals surface area contributed by atoms with Crippen LogP contribution in [0.4, 0.5) is 0 Å². The first-order valence-corrected chi connectivity index (χ1v) is 7.37. The molecule has 2 N–H and O–H groups in total. The van der Waals surface area contributed by atoms with Crippen LogP contribution in [0.15, 0.2) is 0 Å². The van der Waals surface area contributed by atoms with Gasteiger partial charge in [0.1, 0.15) is 0 Å². The number of piperidine rings is 1. The molecule has 3 aliphatic rings. The molecule has 1 heterocycles. The van der Waals surface area contributed by atoms with Crippen molar-refractivity contribution in [3.05, 3.63) is 0 Å². The number of carbonyl (C=O) groups is 1. The van der Waals surface area contributed by atoms with Crippen LogP contribution in [0, 0.1) is 17.8 Å². The molecule has 0 aromatic carbocycles. The van der Waals surface area contributed by atoms with Gasteiger partial charge >= 0.3 is 0 Å². The minimum atomic E-state index is 0.310. The van der Waals surface area contributed by atoms with Gasteiger partial charge in [0.15, 0.2) is 0 Å². The monoisotopic (exact) mass is 236 g/mol. The third kappa shape index (κ3) is 2.49. The predicted molar refractivity (Wildman–Crippen MR) is 67.6 cm³/mol. The van der Waals surface area contributed by atoms with Gasteiger partial charge in [-0.05, 0) is 24.7 Å². The third-order valence-electron chi connectivity index (χ3n) is 4.88. The van der Waals surface area contributed by atoms with E-state index in [1.165, 1.54) is 32.1 Å². The smallest absolute Gasteiger partial charge is 0.223 e. The van der Waals surface area contributed by atoms with Gasteiger partial charge in [0, 0.05) is 25.0 Å². The molecule has 3 heteroatoms. The molecule has 1 saturated heterocycles. The minimum Gasteiger partial charge on any atom is -0.352 e. The molecule has 2 atom stereocenters. The SMILES string of the molecule is O=C(NC1C2CNCC21)C1CCCCCCC1. The van der Waals surface area contributed by atoms with Crippen molar-refractivity contribution in [1.29, 1.82) is 0 Å². The zero-order valence-corrected chi connectivity index (χ0v) is 10.6. The molecule has 2 saturated carbocycles. The van der Waals surface area contributed by atoms with E-state index in [2.05, 4.69) is 10.6 Å². The number of amides is 1. The van der Waals surface area contributed by atoms with E-state index in [0.29, 0.717) is 17.9 Å². The molecule has 17 heavy (non-hydrogen) atoms. The molecule has 0 radical (unpaired) electrons. The van der Waals surface area contributed by atoms with Crippen molar-refractivity contribution in [3.8, 4) is 0 Å². The Morgan fingerprint density at radius 1 is 0.941 bits per heavy atom. The highest BCUT2D eigenvalue weighted by molar-refractivity contribution is 5.79. The van der Waals surface area contributed by atoms with Crippen LogP contribution >= 0.6 is 0 Å². The summed E-state index contributed by atoms with van der Waals surface area (Å²) in [4.78, 5) is 12.2. The summed E-state index contributed by atoms with van der Waals surface area (Å²) in [6, 6.07) is 0.509. The molecular weight excluding hydrogens is 212 g/mol. The Labute approximate surface area is 104 Å². The molecule has 0 spiro atoms. The number of carbonyl (C=O) groups excluding carboxylic acids is 1. The zero-order valence-electron chi connectivity index (χ0n) is 10.6. The average Bonchev–Trinajstić information content (AvgIpc) is 2.73. The summed E-state index contributed by atoms with van der Waals surface area (Å²) in [6.45, 7) is 2.22. The van der Waals surface area contributed by atoms with Gasteiger partial charge in [-0.3, -0.25) is 4.79 Å². The van der Waals surface area contributed by atoms with Gasteiger partial charge < -0.3 is 10.6 Å². The lowest BCUT2D eigenvalue weighted by Gasteiger charge is -2.19. The third-order valence-corrected chi connectivity index (χ3v) is 4.88. The Balaban J connectivity index is 1.47. The highest BCUT2D eigenvalue weighted by Gasteiger charge is 2.53. The molecule has 3 rings (SSSR count). The van der Waals surface area contributed by atoms with Crippen molar-refractivity contribution in [1.82, 2.24) is 10.6 Å². The molecule has 1 amide bonds. The van der Waals surface area contributed by atoms with E-state index >= 15 is 0 Å². The normalized spacial score (nSPS) is 38.0. The average molecular weight is 236 g/mol. The highest BCUT2D eigenvalue weighted by Crippen LogP contribution is 2.41. The first kappa shape index (κ1) is 11.5. The van der Waals surface area contributed by atoms with Gasteiger partial charge in [-0.1, -0.05) is 32.1 Å². The largest absolute Gasteiger partial charge is 0.352 e. The van der Waals surface area contributed by atoms with Crippen molar-refractivity contribution in [2.24, 2.45) is 17.8 Å². The highest BCUT2D eigenvalue weighted by atomic mass is 16.2. The van der Waals surface area contributed by atoms with Crippen LogP contribution in [0.25, 0.3) is 0 Å². The molecule has 0 aromatic heterocycles. The minimum absolute atomic E-state index is 0.310. The van der Waals surface area contributed by atoms with Gasteiger partial charge in [0.05, 0.1) is 0 Å². The summed E-state index contributed by atoms with van der Waals surface area (Å²) >= 11 is 0. The van der Waals surface area contributed by atoms with Gasteiger partial charge in [-0.15, -0.1) is 0 Å². The van der Waals surface area contributed by atoms with Crippen LogP contribution in [0.1, 0.15) is 44.9 Å². The van der Waals surface area contributed by atoms with E-state index in [-0.39, 0.29) is 0 Å². The van der Waals surface area contributed by atoms with Crippen molar-refractivity contribution < 1.29 is 4.79 Å². The molecule has 96 valence electrons. The van der Waals surface area contributed by atoms with Gasteiger partial charge in [-0.25, -0.2) is 0 Å². The Kier molecular flexibility index (Phi) is 3.37. The van der Waals surface area contributed by atoms with Crippen molar-refractivity contribution in [2.45, 2.75) is 51.0 Å². The summed E-state index contributed by atoms with van der Waals surface area (Å²) in [6.07, 6.45) is 8.74. The summed E-state index contributed by atoms with van der Waals surface area (Å²) in [5.41, 5.74) is 0. The predicted octanol–water partition coefficient (Wildman–Crippen LogP) is 1.68. The maximum Gasteiger partial charge on any atom is 0.223 e. The number of hydrogen-bond acceptors (Lipinski definition) is 2. The van der Waals surface area contributed by atoms with E-state index in [0.717, 1.165) is 37.8 Å². The first-order valence-electron chi connectivity index (χ1n) is 7.37. The maximum absolute atomic E-state index is 12.2. The van der Waals surface area contributed by atoms with Crippen molar-refractivity contribution in [2.75, 3.05) is 13.1 Å². The van der Waals surface area contributed by atoms with Gasteiger partial charge in [0.2, 0.25) is 5.91 Å². The molecule has 2 unspecified atom stereocenters. The van der Waals surface area contributed by atoms with Crippen LogP contribution in [-0.2, 0) is 4.79 Å². The topological polar surface area (TPSA) is 41.1 Å². The van der Waals surface area contributed by atoms with E-state index in [1.807, 2.05) is 0 Å². The van der Waals surface area contributed by atoms with Gasteiger partial charge in [-0.2, -0.15) is 0 Å². The number of nitrogens with one attached hydrogen (secondary N) is 2. The van der Waals surface area contributed by atoms with E-state index in [4.69, 9.17) is 0 Å². The van der Waals surface area contributed by atoms with Crippen LogP contribution in [-0.4, -0.2) is 25.0 Å². The Morgan fingerprint density at radius 2 is 1.53 bits per heavy atom. The summed E-state index contributed by atoms with van der Waals surface area (Å²) in [7, 11) is 0. The Hall–Kier alpha value is -0.570. The first-order chi connectivity index (χ1) is 8.36. The van der Waals surface area contributed by atoms with Crippen molar-refractivity contribution >= 4 is 5.91 Å². The molecule has 2 aliphatic carbocycles. The lowest BCUT2D eigenvalue weighted by molar-refractivity contribution is -0.125. The maximum atomic E-state index is 12.2. The number of fused-ring (bicyclic) bond motifs is 1. The zero-order chi connectivity index (χ0) is 11.7. The Bertz CT molecular complexity index is 274. The van der Waals surface area contributed by atoms with E-state index in [1.54, 1.807) is 0 Å². The quantitative estimate of drug-likeness (QED) is 0.766. The molecular formula is C14H24N2O. The molecule has 3 fully saturated rings. The summed E-state index contributed by atoms with van der Waals surface area (Å²) < 4.78 is 0. The van der Waals surface area contributed by atoms with Crippen LogP contribution < -0.4 is 10.6 Å². The fourth-order valence-electron chi connectivity index (χ4n) is 3.63. The van der Waals surface area contributed by atoms with E-state index in [9.17, 15) is 4.79 Å². The second-order valence-electron chi connectivity index (χ2n) is 6.06.